The van der Waals surface area contributed by atoms with E-state index in [0.29, 0.717) is 19.4 Å². The molecule has 0 saturated carbocycles. The molecule has 1 aromatic rings. The quantitative estimate of drug-likeness (QED) is 0.759. The molecule has 0 saturated heterocycles. The largest absolute Gasteiger partial charge is 0.393 e. The first-order valence-corrected chi connectivity index (χ1v) is 5.20. The van der Waals surface area contributed by atoms with Gasteiger partial charge in [0.1, 0.15) is 12.2 Å². The topological polar surface area (TPSA) is 60.2 Å². The van der Waals surface area contributed by atoms with E-state index in [2.05, 4.69) is 10.1 Å². The van der Waals surface area contributed by atoms with E-state index in [1.165, 1.54) is 6.33 Å². The van der Waals surface area contributed by atoms with Gasteiger partial charge in [0, 0.05) is 26.2 Å². The minimum absolute atomic E-state index is 0.275. The first kappa shape index (κ1) is 12.1. The van der Waals surface area contributed by atoms with Gasteiger partial charge in [0.2, 0.25) is 0 Å². The lowest BCUT2D eigenvalue weighted by Gasteiger charge is -2.12. The molecule has 1 unspecified atom stereocenters. The molecule has 0 fully saturated rings. The molecular formula is C10H19N3O2. The van der Waals surface area contributed by atoms with Gasteiger partial charge < -0.3 is 9.84 Å². The van der Waals surface area contributed by atoms with Crippen molar-refractivity contribution >= 4 is 0 Å². The molecule has 5 nitrogen and oxygen atoms in total. The van der Waals surface area contributed by atoms with Crippen molar-refractivity contribution in [2.75, 3.05) is 13.7 Å². The molecule has 1 atom stereocenters. The number of aliphatic hydroxyl groups is 1. The Labute approximate surface area is 90.1 Å². The highest BCUT2D eigenvalue weighted by atomic mass is 16.5. The number of hydrogen-bond acceptors (Lipinski definition) is 4. The van der Waals surface area contributed by atoms with Gasteiger partial charge >= 0.3 is 0 Å². The van der Waals surface area contributed by atoms with Crippen molar-refractivity contribution in [2.45, 2.75) is 38.8 Å². The fourth-order valence-corrected chi connectivity index (χ4v) is 1.42. The molecule has 0 aromatic carbocycles. The van der Waals surface area contributed by atoms with E-state index in [0.717, 1.165) is 5.82 Å². The number of aliphatic hydroxyl groups excluding tert-OH is 1. The number of ether oxygens (including phenoxy) is 1. The monoisotopic (exact) mass is 213 g/mol. The maximum Gasteiger partial charge on any atom is 0.138 e. The SMILES string of the molecule is COCCC(O)Cc1ncnn1C(C)C. The second-order valence-electron chi connectivity index (χ2n) is 3.85. The maximum absolute atomic E-state index is 9.70. The van der Waals surface area contributed by atoms with Crippen LogP contribution in [0.1, 0.15) is 32.1 Å². The van der Waals surface area contributed by atoms with Crippen molar-refractivity contribution in [3.05, 3.63) is 12.2 Å². The smallest absolute Gasteiger partial charge is 0.138 e. The second kappa shape index (κ2) is 5.82. The predicted octanol–water partition coefficient (Wildman–Crippen LogP) is 0.799. The molecule has 0 aliphatic rings. The molecule has 5 heteroatoms. The summed E-state index contributed by atoms with van der Waals surface area (Å²) in [5.74, 6) is 0.827. The van der Waals surface area contributed by atoms with E-state index >= 15 is 0 Å². The highest BCUT2D eigenvalue weighted by Crippen LogP contribution is 2.08. The Morgan fingerprint density at radius 3 is 2.87 bits per heavy atom. The summed E-state index contributed by atoms with van der Waals surface area (Å²) >= 11 is 0. The number of methoxy groups -OCH3 is 1. The molecule has 1 heterocycles. The van der Waals surface area contributed by atoms with Gasteiger partial charge in [-0.25, -0.2) is 9.67 Å². The number of hydrogen-bond donors (Lipinski definition) is 1. The Morgan fingerprint density at radius 2 is 2.27 bits per heavy atom. The van der Waals surface area contributed by atoms with Crippen molar-refractivity contribution in [2.24, 2.45) is 0 Å². The van der Waals surface area contributed by atoms with Crippen LogP contribution in [0.5, 0.6) is 0 Å². The van der Waals surface area contributed by atoms with Gasteiger partial charge in [0.15, 0.2) is 0 Å². The van der Waals surface area contributed by atoms with Crippen LogP contribution in [-0.4, -0.2) is 39.7 Å². The van der Waals surface area contributed by atoms with Crippen molar-refractivity contribution in [3.8, 4) is 0 Å². The molecule has 0 aliphatic heterocycles. The van der Waals surface area contributed by atoms with Crippen LogP contribution in [0.25, 0.3) is 0 Å². The molecule has 15 heavy (non-hydrogen) atoms. The van der Waals surface area contributed by atoms with Gasteiger partial charge in [-0.2, -0.15) is 5.10 Å². The fourth-order valence-electron chi connectivity index (χ4n) is 1.42. The highest BCUT2D eigenvalue weighted by Gasteiger charge is 2.12. The van der Waals surface area contributed by atoms with E-state index in [9.17, 15) is 5.11 Å². The molecule has 0 aliphatic carbocycles. The number of rotatable bonds is 6. The average molecular weight is 213 g/mol. The molecule has 0 amide bonds. The Morgan fingerprint density at radius 1 is 1.53 bits per heavy atom. The summed E-state index contributed by atoms with van der Waals surface area (Å²) < 4.78 is 6.74. The zero-order chi connectivity index (χ0) is 11.3. The molecule has 1 rings (SSSR count). The summed E-state index contributed by atoms with van der Waals surface area (Å²) in [6, 6.07) is 0.275. The van der Waals surface area contributed by atoms with Gasteiger partial charge in [-0.05, 0) is 20.3 Å². The predicted molar refractivity (Wildman–Crippen MR) is 56.6 cm³/mol. The number of nitrogens with zero attached hydrogens (tertiary/aromatic N) is 3. The second-order valence-corrected chi connectivity index (χ2v) is 3.85. The minimum atomic E-state index is -0.411. The van der Waals surface area contributed by atoms with E-state index in [4.69, 9.17) is 4.74 Å². The Bertz CT molecular complexity index is 286. The van der Waals surface area contributed by atoms with Gasteiger partial charge in [-0.1, -0.05) is 0 Å². The van der Waals surface area contributed by atoms with Crippen molar-refractivity contribution in [1.29, 1.82) is 0 Å². The lowest BCUT2D eigenvalue weighted by molar-refractivity contribution is 0.108. The van der Waals surface area contributed by atoms with Gasteiger partial charge in [-0.15, -0.1) is 0 Å². The van der Waals surface area contributed by atoms with Crippen molar-refractivity contribution < 1.29 is 9.84 Å². The van der Waals surface area contributed by atoms with Crippen LogP contribution in [0.4, 0.5) is 0 Å². The van der Waals surface area contributed by atoms with Crippen molar-refractivity contribution in [3.63, 3.8) is 0 Å². The standard InChI is InChI=1S/C10H19N3O2/c1-8(2)13-10(11-7-12-13)6-9(14)4-5-15-3/h7-9,14H,4-6H2,1-3H3. The van der Waals surface area contributed by atoms with Crippen LogP contribution in [0.2, 0.25) is 0 Å². The van der Waals surface area contributed by atoms with Gasteiger partial charge in [0.25, 0.3) is 0 Å². The normalized spacial score (nSPS) is 13.4. The molecule has 86 valence electrons. The van der Waals surface area contributed by atoms with Crippen LogP contribution in [-0.2, 0) is 11.2 Å². The van der Waals surface area contributed by atoms with E-state index in [1.807, 2.05) is 18.5 Å². The van der Waals surface area contributed by atoms with E-state index in [1.54, 1.807) is 7.11 Å². The van der Waals surface area contributed by atoms with Crippen LogP contribution in [0.3, 0.4) is 0 Å². The Balaban J connectivity index is 2.52. The lowest BCUT2D eigenvalue weighted by Crippen LogP contribution is -2.18. The molecular weight excluding hydrogens is 194 g/mol. The first-order chi connectivity index (χ1) is 7.15. The third-order valence-electron chi connectivity index (χ3n) is 2.21. The van der Waals surface area contributed by atoms with Gasteiger partial charge in [-0.3, -0.25) is 0 Å². The van der Waals surface area contributed by atoms with E-state index < -0.39 is 6.10 Å². The lowest BCUT2D eigenvalue weighted by atomic mass is 10.2. The molecule has 0 radical (unpaired) electrons. The highest BCUT2D eigenvalue weighted by molar-refractivity contribution is 4.89. The van der Waals surface area contributed by atoms with Crippen LogP contribution >= 0.6 is 0 Å². The molecule has 1 aromatic heterocycles. The first-order valence-electron chi connectivity index (χ1n) is 5.20. The van der Waals surface area contributed by atoms with Gasteiger partial charge in [0.05, 0.1) is 6.10 Å². The third kappa shape index (κ3) is 3.60. The summed E-state index contributed by atoms with van der Waals surface area (Å²) in [7, 11) is 1.63. The summed E-state index contributed by atoms with van der Waals surface area (Å²) in [5.41, 5.74) is 0. The van der Waals surface area contributed by atoms with Crippen LogP contribution in [0.15, 0.2) is 6.33 Å². The van der Waals surface area contributed by atoms with Crippen LogP contribution < -0.4 is 0 Å². The average Bonchev–Trinajstić information content (AvgIpc) is 2.62. The maximum atomic E-state index is 9.70. The molecule has 0 bridgehead atoms. The summed E-state index contributed by atoms with van der Waals surface area (Å²) in [6.45, 7) is 4.65. The Kier molecular flexibility index (Phi) is 4.71. The zero-order valence-electron chi connectivity index (χ0n) is 9.55. The zero-order valence-corrected chi connectivity index (χ0v) is 9.55. The molecule has 0 spiro atoms. The van der Waals surface area contributed by atoms with Crippen LogP contribution in [0, 0.1) is 0 Å². The summed E-state index contributed by atoms with van der Waals surface area (Å²) in [5, 5.41) is 13.8. The fraction of sp³-hybridized carbons (Fsp3) is 0.800. The summed E-state index contributed by atoms with van der Waals surface area (Å²) in [4.78, 5) is 4.14. The summed E-state index contributed by atoms with van der Waals surface area (Å²) in [6.07, 6.45) is 2.27. The number of aromatic nitrogens is 3. The van der Waals surface area contributed by atoms with E-state index in [-0.39, 0.29) is 6.04 Å². The molecule has 1 N–H and O–H groups in total. The minimum Gasteiger partial charge on any atom is -0.393 e. The Hall–Kier alpha value is -0.940. The van der Waals surface area contributed by atoms with Crippen molar-refractivity contribution in [1.82, 2.24) is 14.8 Å². The third-order valence-corrected chi connectivity index (χ3v) is 2.21.